The second kappa shape index (κ2) is 6.50. The van der Waals surface area contributed by atoms with Gasteiger partial charge in [-0.1, -0.05) is 37.3 Å². The third kappa shape index (κ3) is 3.81. The maximum atomic E-state index is 5.68. The molecule has 94 valence electrons. The number of hydrogen-bond acceptors (Lipinski definition) is 3. The minimum absolute atomic E-state index is 0.524. The van der Waals surface area contributed by atoms with E-state index in [1.54, 1.807) is 6.07 Å². The van der Waals surface area contributed by atoms with Crippen molar-refractivity contribution in [1.29, 1.82) is 0 Å². The summed E-state index contributed by atoms with van der Waals surface area (Å²) >= 11 is 3.38. The first-order valence-corrected chi connectivity index (χ1v) is 6.77. The van der Waals surface area contributed by atoms with Gasteiger partial charge in [0.2, 0.25) is 5.88 Å². The summed E-state index contributed by atoms with van der Waals surface area (Å²) in [6.45, 7) is 2.63. The first kappa shape index (κ1) is 13.0. The van der Waals surface area contributed by atoms with Crippen LogP contribution in [0.1, 0.15) is 24.7 Å². The lowest BCUT2D eigenvalue weighted by Gasteiger charge is -2.07. The Balaban J connectivity index is 2.05. The van der Waals surface area contributed by atoms with Gasteiger partial charge in [0.1, 0.15) is 17.0 Å². The summed E-state index contributed by atoms with van der Waals surface area (Å²) in [7, 11) is 0. The van der Waals surface area contributed by atoms with Gasteiger partial charge in [-0.05, 0) is 27.9 Å². The molecule has 18 heavy (non-hydrogen) atoms. The van der Waals surface area contributed by atoms with Crippen molar-refractivity contribution in [2.45, 2.75) is 26.4 Å². The fourth-order valence-corrected chi connectivity index (χ4v) is 1.98. The van der Waals surface area contributed by atoms with E-state index in [2.05, 4.69) is 32.8 Å². The van der Waals surface area contributed by atoms with Crippen LogP contribution >= 0.6 is 15.9 Å². The summed E-state index contributed by atoms with van der Waals surface area (Å²) in [4.78, 5) is 8.68. The van der Waals surface area contributed by atoms with Gasteiger partial charge in [0.05, 0.1) is 0 Å². The first-order chi connectivity index (χ1) is 8.78. The second-order valence-corrected chi connectivity index (χ2v) is 4.78. The van der Waals surface area contributed by atoms with Crippen molar-refractivity contribution < 1.29 is 4.74 Å². The number of aromatic nitrogens is 2. The molecule has 1 aromatic heterocycles. The van der Waals surface area contributed by atoms with Gasteiger partial charge in [0.25, 0.3) is 0 Å². The van der Waals surface area contributed by atoms with E-state index in [0.29, 0.717) is 12.5 Å². The van der Waals surface area contributed by atoms with Crippen LogP contribution in [0.3, 0.4) is 0 Å². The summed E-state index contributed by atoms with van der Waals surface area (Å²) in [6, 6.07) is 11.8. The summed E-state index contributed by atoms with van der Waals surface area (Å²) in [5, 5.41) is 0. The molecular weight excluding hydrogens is 292 g/mol. The van der Waals surface area contributed by atoms with Gasteiger partial charge >= 0.3 is 0 Å². The van der Waals surface area contributed by atoms with Gasteiger partial charge in [0, 0.05) is 12.5 Å². The highest BCUT2D eigenvalue weighted by Gasteiger charge is 2.03. The minimum atomic E-state index is 0.524. The van der Waals surface area contributed by atoms with E-state index in [1.165, 1.54) is 0 Å². The standard InChI is InChI=1S/C14H15BrN2O/c1-2-6-13-16-12(15)9-14(17-13)18-10-11-7-4-3-5-8-11/h3-5,7-9H,2,6,10H2,1H3. The zero-order valence-electron chi connectivity index (χ0n) is 10.3. The second-order valence-electron chi connectivity index (χ2n) is 3.97. The Bertz CT molecular complexity index is 502. The number of aryl methyl sites for hydroxylation is 1. The Kier molecular flexibility index (Phi) is 4.70. The lowest BCUT2D eigenvalue weighted by molar-refractivity contribution is 0.291. The summed E-state index contributed by atoms with van der Waals surface area (Å²) in [5.74, 6) is 1.43. The van der Waals surface area contributed by atoms with Gasteiger partial charge in [-0.3, -0.25) is 0 Å². The van der Waals surface area contributed by atoms with Gasteiger partial charge in [-0.15, -0.1) is 0 Å². The third-order valence-corrected chi connectivity index (χ3v) is 2.83. The Hall–Kier alpha value is -1.42. The van der Waals surface area contributed by atoms with Crippen LogP contribution in [0.4, 0.5) is 0 Å². The zero-order valence-corrected chi connectivity index (χ0v) is 11.9. The van der Waals surface area contributed by atoms with Crippen LogP contribution in [0.15, 0.2) is 41.0 Å². The largest absolute Gasteiger partial charge is 0.473 e. The summed E-state index contributed by atoms with van der Waals surface area (Å²) < 4.78 is 6.45. The van der Waals surface area contributed by atoms with Crippen LogP contribution in [-0.2, 0) is 13.0 Å². The molecule has 0 aliphatic rings. The lowest BCUT2D eigenvalue weighted by Crippen LogP contribution is -2.01. The Morgan fingerprint density at radius 2 is 1.94 bits per heavy atom. The topological polar surface area (TPSA) is 35.0 Å². The van der Waals surface area contributed by atoms with Crippen LogP contribution < -0.4 is 4.74 Å². The van der Waals surface area contributed by atoms with E-state index in [1.807, 2.05) is 30.3 Å². The van der Waals surface area contributed by atoms with Crippen molar-refractivity contribution in [2.75, 3.05) is 0 Å². The van der Waals surface area contributed by atoms with Crippen molar-refractivity contribution in [1.82, 2.24) is 9.97 Å². The zero-order chi connectivity index (χ0) is 12.8. The molecule has 3 nitrogen and oxygen atoms in total. The molecule has 1 heterocycles. The van der Waals surface area contributed by atoms with Crippen LogP contribution in [0.5, 0.6) is 5.88 Å². The molecule has 0 bridgehead atoms. The Morgan fingerprint density at radius 3 is 2.67 bits per heavy atom. The van der Waals surface area contributed by atoms with E-state index in [9.17, 15) is 0 Å². The number of halogens is 1. The van der Waals surface area contributed by atoms with Crippen molar-refractivity contribution >= 4 is 15.9 Å². The van der Waals surface area contributed by atoms with Crippen molar-refractivity contribution in [3.05, 3.63) is 52.4 Å². The van der Waals surface area contributed by atoms with E-state index in [-0.39, 0.29) is 0 Å². The smallest absolute Gasteiger partial charge is 0.218 e. The highest BCUT2D eigenvalue weighted by molar-refractivity contribution is 9.10. The Morgan fingerprint density at radius 1 is 1.17 bits per heavy atom. The number of rotatable bonds is 5. The van der Waals surface area contributed by atoms with Crippen LogP contribution in [0, 0.1) is 0 Å². The maximum absolute atomic E-state index is 5.68. The molecule has 2 rings (SSSR count). The fraction of sp³-hybridized carbons (Fsp3) is 0.286. The van der Waals surface area contributed by atoms with Crippen molar-refractivity contribution in [3.8, 4) is 5.88 Å². The number of ether oxygens (including phenoxy) is 1. The van der Waals surface area contributed by atoms with E-state index < -0.39 is 0 Å². The average Bonchev–Trinajstić information content (AvgIpc) is 2.37. The highest BCUT2D eigenvalue weighted by Crippen LogP contribution is 2.16. The van der Waals surface area contributed by atoms with Crippen LogP contribution in [-0.4, -0.2) is 9.97 Å². The average molecular weight is 307 g/mol. The molecule has 0 radical (unpaired) electrons. The molecule has 0 unspecified atom stereocenters. The molecule has 2 aromatic rings. The van der Waals surface area contributed by atoms with E-state index >= 15 is 0 Å². The summed E-state index contributed by atoms with van der Waals surface area (Å²) in [5.41, 5.74) is 1.13. The monoisotopic (exact) mass is 306 g/mol. The normalized spacial score (nSPS) is 10.3. The number of nitrogens with zero attached hydrogens (tertiary/aromatic N) is 2. The van der Waals surface area contributed by atoms with Crippen molar-refractivity contribution in [2.24, 2.45) is 0 Å². The predicted molar refractivity (Wildman–Crippen MR) is 74.5 cm³/mol. The SMILES string of the molecule is CCCc1nc(Br)cc(OCc2ccccc2)n1. The molecular formula is C14H15BrN2O. The highest BCUT2D eigenvalue weighted by atomic mass is 79.9. The summed E-state index contributed by atoms with van der Waals surface area (Å²) in [6.07, 6.45) is 1.88. The Labute approximate surface area is 115 Å². The third-order valence-electron chi connectivity index (χ3n) is 2.42. The quantitative estimate of drug-likeness (QED) is 0.789. The van der Waals surface area contributed by atoms with E-state index in [4.69, 9.17) is 4.74 Å². The predicted octanol–water partition coefficient (Wildman–Crippen LogP) is 3.77. The molecule has 1 aromatic carbocycles. The fourth-order valence-electron chi connectivity index (χ4n) is 1.58. The minimum Gasteiger partial charge on any atom is -0.473 e. The molecule has 0 saturated carbocycles. The van der Waals surface area contributed by atoms with Gasteiger partial charge in [0.15, 0.2) is 0 Å². The molecule has 0 atom stereocenters. The van der Waals surface area contributed by atoms with E-state index in [0.717, 1.165) is 28.8 Å². The molecule has 0 saturated heterocycles. The van der Waals surface area contributed by atoms with Gasteiger partial charge in [-0.2, -0.15) is 4.98 Å². The molecule has 4 heteroatoms. The van der Waals surface area contributed by atoms with Crippen LogP contribution in [0.25, 0.3) is 0 Å². The number of hydrogen-bond donors (Lipinski definition) is 0. The van der Waals surface area contributed by atoms with Crippen LogP contribution in [0.2, 0.25) is 0 Å². The molecule has 0 fully saturated rings. The van der Waals surface area contributed by atoms with Gasteiger partial charge in [-0.25, -0.2) is 4.98 Å². The van der Waals surface area contributed by atoms with Crippen molar-refractivity contribution in [3.63, 3.8) is 0 Å². The maximum Gasteiger partial charge on any atom is 0.218 e. The molecule has 0 spiro atoms. The molecule has 0 N–H and O–H groups in total. The first-order valence-electron chi connectivity index (χ1n) is 5.98. The van der Waals surface area contributed by atoms with Gasteiger partial charge < -0.3 is 4.74 Å². The number of benzene rings is 1. The lowest BCUT2D eigenvalue weighted by atomic mass is 10.2. The molecule has 0 aliphatic heterocycles. The molecule has 0 aliphatic carbocycles. The molecule has 0 amide bonds.